The van der Waals surface area contributed by atoms with Gasteiger partial charge in [0.25, 0.3) is 5.56 Å². The van der Waals surface area contributed by atoms with E-state index in [1.807, 2.05) is 22.6 Å². The number of rotatable bonds is 2. The average molecular weight is 345 g/mol. The molecule has 0 saturated carbocycles. The third-order valence-electron chi connectivity index (χ3n) is 2.10. The molecule has 0 radical (unpaired) electrons. The summed E-state index contributed by atoms with van der Waals surface area (Å²) in [5.74, 6) is 0.0895. The fraction of sp³-hybridized carbons (Fsp3) is 0.0909. The second-order valence-electron chi connectivity index (χ2n) is 3.54. The fourth-order valence-electron chi connectivity index (χ4n) is 1.42. The third kappa shape index (κ3) is 2.82. The Bertz CT molecular complexity index is 592. The molecular weight excluding hydrogens is 336 g/mol. The molecule has 17 heavy (non-hydrogen) atoms. The average Bonchev–Trinajstić information content (AvgIpc) is 2.23. The van der Waals surface area contributed by atoms with E-state index in [1.54, 1.807) is 13.0 Å². The lowest BCUT2D eigenvalue weighted by Crippen LogP contribution is -2.13. The van der Waals surface area contributed by atoms with Gasteiger partial charge in [-0.25, -0.2) is 9.37 Å². The van der Waals surface area contributed by atoms with Gasteiger partial charge in [-0.15, -0.1) is 0 Å². The van der Waals surface area contributed by atoms with Crippen molar-refractivity contribution in [1.82, 2.24) is 9.97 Å². The lowest BCUT2D eigenvalue weighted by atomic mass is 10.2. The van der Waals surface area contributed by atoms with Crippen LogP contribution in [0.2, 0.25) is 0 Å². The van der Waals surface area contributed by atoms with Crippen LogP contribution in [-0.4, -0.2) is 9.97 Å². The summed E-state index contributed by atoms with van der Waals surface area (Å²) in [6.07, 6.45) is 1.30. The Labute approximate surface area is 110 Å². The highest BCUT2D eigenvalue weighted by atomic mass is 127. The molecule has 0 aliphatic heterocycles. The summed E-state index contributed by atoms with van der Waals surface area (Å²) in [7, 11) is 0. The first kappa shape index (κ1) is 12.0. The van der Waals surface area contributed by atoms with Gasteiger partial charge in [0.2, 0.25) is 0 Å². The van der Waals surface area contributed by atoms with Crippen molar-refractivity contribution in [1.29, 1.82) is 0 Å². The monoisotopic (exact) mass is 345 g/mol. The van der Waals surface area contributed by atoms with Gasteiger partial charge >= 0.3 is 0 Å². The molecular formula is C11H9FIN3O. The van der Waals surface area contributed by atoms with Crippen LogP contribution in [0.15, 0.2) is 29.3 Å². The van der Waals surface area contributed by atoms with Crippen molar-refractivity contribution in [3.05, 3.63) is 49.8 Å². The van der Waals surface area contributed by atoms with Gasteiger partial charge in [0.15, 0.2) is 5.82 Å². The van der Waals surface area contributed by atoms with Crippen LogP contribution in [0.1, 0.15) is 5.56 Å². The number of nitrogens with zero attached hydrogens (tertiary/aromatic N) is 1. The molecule has 0 aliphatic rings. The van der Waals surface area contributed by atoms with Crippen LogP contribution >= 0.6 is 22.6 Å². The molecule has 1 aromatic carbocycles. The highest BCUT2D eigenvalue weighted by molar-refractivity contribution is 14.1. The number of aromatic nitrogens is 2. The van der Waals surface area contributed by atoms with Crippen molar-refractivity contribution < 1.29 is 4.39 Å². The molecule has 6 heteroatoms. The maximum atomic E-state index is 13.2. The van der Waals surface area contributed by atoms with Gasteiger partial charge in [0.05, 0.1) is 6.33 Å². The first-order valence-electron chi connectivity index (χ1n) is 4.83. The number of hydrogen-bond donors (Lipinski definition) is 2. The second-order valence-corrected chi connectivity index (χ2v) is 4.62. The van der Waals surface area contributed by atoms with Gasteiger partial charge in [-0.1, -0.05) is 0 Å². The van der Waals surface area contributed by atoms with E-state index >= 15 is 0 Å². The molecule has 2 rings (SSSR count). The maximum absolute atomic E-state index is 13.2. The highest BCUT2D eigenvalue weighted by Gasteiger charge is 2.06. The zero-order valence-corrected chi connectivity index (χ0v) is 11.1. The number of anilines is 2. The van der Waals surface area contributed by atoms with Gasteiger partial charge in [0.1, 0.15) is 9.39 Å². The van der Waals surface area contributed by atoms with E-state index in [1.165, 1.54) is 18.5 Å². The summed E-state index contributed by atoms with van der Waals surface area (Å²) in [4.78, 5) is 17.8. The van der Waals surface area contributed by atoms with Crippen LogP contribution in [0.3, 0.4) is 0 Å². The van der Waals surface area contributed by atoms with Crippen molar-refractivity contribution >= 4 is 34.1 Å². The first-order valence-corrected chi connectivity index (χ1v) is 5.91. The van der Waals surface area contributed by atoms with Gasteiger partial charge < -0.3 is 10.3 Å². The van der Waals surface area contributed by atoms with E-state index < -0.39 is 0 Å². The minimum Gasteiger partial charge on any atom is -0.339 e. The fourth-order valence-corrected chi connectivity index (χ4v) is 1.85. The summed E-state index contributed by atoms with van der Waals surface area (Å²) in [5, 5.41) is 2.92. The van der Waals surface area contributed by atoms with Crippen LogP contribution in [0.5, 0.6) is 0 Å². The first-order chi connectivity index (χ1) is 8.06. The van der Waals surface area contributed by atoms with E-state index in [2.05, 4.69) is 15.3 Å². The van der Waals surface area contributed by atoms with Gasteiger partial charge in [-0.2, -0.15) is 0 Å². The molecule has 2 aromatic rings. The number of hydrogen-bond acceptors (Lipinski definition) is 3. The molecule has 0 atom stereocenters. The lowest BCUT2D eigenvalue weighted by Gasteiger charge is -2.07. The zero-order valence-electron chi connectivity index (χ0n) is 8.92. The molecule has 2 N–H and O–H groups in total. The van der Waals surface area contributed by atoms with Crippen LogP contribution < -0.4 is 10.9 Å². The molecule has 1 heterocycles. The van der Waals surface area contributed by atoms with E-state index in [0.29, 0.717) is 15.1 Å². The molecule has 0 bridgehead atoms. The molecule has 0 aliphatic carbocycles. The smallest absolute Gasteiger partial charge is 0.266 e. The predicted molar refractivity (Wildman–Crippen MR) is 72.0 cm³/mol. The summed E-state index contributed by atoms with van der Waals surface area (Å²) in [6, 6.07) is 4.56. The number of aryl methyl sites for hydroxylation is 1. The van der Waals surface area contributed by atoms with Crippen LogP contribution in [0.25, 0.3) is 0 Å². The Kier molecular flexibility index (Phi) is 3.41. The zero-order chi connectivity index (χ0) is 12.4. The molecule has 1 aromatic heterocycles. The topological polar surface area (TPSA) is 57.8 Å². The number of nitrogens with one attached hydrogen (secondary N) is 2. The molecule has 0 spiro atoms. The largest absolute Gasteiger partial charge is 0.339 e. The second kappa shape index (κ2) is 4.82. The minimum atomic E-state index is -0.327. The summed E-state index contributed by atoms with van der Waals surface area (Å²) in [6.45, 7) is 1.80. The maximum Gasteiger partial charge on any atom is 0.266 e. The normalized spacial score (nSPS) is 10.3. The van der Waals surface area contributed by atoms with Gasteiger partial charge in [0, 0.05) is 5.69 Å². The Hall–Kier alpha value is -1.44. The number of aromatic amines is 1. The van der Waals surface area contributed by atoms with E-state index in [4.69, 9.17) is 0 Å². The van der Waals surface area contributed by atoms with Crippen LogP contribution in [-0.2, 0) is 0 Å². The Morgan fingerprint density at radius 1 is 1.41 bits per heavy atom. The summed E-state index contributed by atoms with van der Waals surface area (Å²) >= 11 is 1.89. The Morgan fingerprint density at radius 2 is 2.18 bits per heavy atom. The molecule has 0 saturated heterocycles. The standard InChI is InChI=1S/C11H9FIN3O/c1-6-2-7(12)4-8(3-6)16-10-9(13)11(17)15-5-14-10/h2-5H,1H3,(H2,14,15,16,17). The van der Waals surface area contributed by atoms with Crippen molar-refractivity contribution in [2.75, 3.05) is 5.32 Å². The Morgan fingerprint density at radius 3 is 2.88 bits per heavy atom. The molecule has 0 unspecified atom stereocenters. The number of benzene rings is 1. The predicted octanol–water partition coefficient (Wildman–Crippen LogP) is 2.57. The minimum absolute atomic E-state index is 0.226. The van der Waals surface area contributed by atoms with Crippen molar-refractivity contribution in [2.24, 2.45) is 0 Å². The molecule has 4 nitrogen and oxygen atoms in total. The van der Waals surface area contributed by atoms with E-state index in [9.17, 15) is 9.18 Å². The summed E-state index contributed by atoms with van der Waals surface area (Å²) in [5.41, 5.74) is 1.14. The van der Waals surface area contributed by atoms with Crippen molar-refractivity contribution in [3.8, 4) is 0 Å². The lowest BCUT2D eigenvalue weighted by molar-refractivity contribution is 0.627. The van der Waals surface area contributed by atoms with E-state index in [0.717, 1.165) is 5.56 Å². The quantitative estimate of drug-likeness (QED) is 0.823. The van der Waals surface area contributed by atoms with Crippen LogP contribution in [0.4, 0.5) is 15.9 Å². The molecule has 0 amide bonds. The molecule has 0 fully saturated rings. The third-order valence-corrected chi connectivity index (χ3v) is 3.10. The van der Waals surface area contributed by atoms with Crippen molar-refractivity contribution in [3.63, 3.8) is 0 Å². The SMILES string of the molecule is Cc1cc(F)cc(Nc2nc[nH]c(=O)c2I)c1. The Balaban J connectivity index is 2.38. The van der Waals surface area contributed by atoms with Gasteiger partial charge in [-0.3, -0.25) is 4.79 Å². The van der Waals surface area contributed by atoms with Gasteiger partial charge in [-0.05, 0) is 53.3 Å². The van der Waals surface area contributed by atoms with Crippen molar-refractivity contribution in [2.45, 2.75) is 6.92 Å². The van der Waals surface area contributed by atoms with Crippen LogP contribution in [0, 0.1) is 16.3 Å². The summed E-state index contributed by atoms with van der Waals surface area (Å²) < 4.78 is 13.6. The van der Waals surface area contributed by atoms with E-state index in [-0.39, 0.29) is 11.4 Å². The number of H-pyrrole nitrogens is 1. The highest BCUT2D eigenvalue weighted by Crippen LogP contribution is 2.19. The molecule has 88 valence electrons. The number of halogens is 2.